The van der Waals surface area contributed by atoms with Gasteiger partial charge in [-0.1, -0.05) is 30.3 Å². The Morgan fingerprint density at radius 3 is 2.69 bits per heavy atom. The molecule has 0 aliphatic rings. The molecule has 146 valence electrons. The number of carbonyl (C=O) groups excluding carboxylic acids is 1. The van der Waals surface area contributed by atoms with Crippen molar-refractivity contribution in [3.8, 4) is 11.4 Å². The first-order chi connectivity index (χ1) is 14.1. The molecule has 2 aromatic heterocycles. The zero-order chi connectivity index (χ0) is 20.4. The lowest BCUT2D eigenvalue weighted by Crippen LogP contribution is -2.24. The van der Waals surface area contributed by atoms with E-state index in [1.165, 1.54) is 15.6 Å². The molecule has 0 atom stereocenters. The van der Waals surface area contributed by atoms with Crippen LogP contribution >= 0.6 is 0 Å². The van der Waals surface area contributed by atoms with Crippen LogP contribution in [0.4, 0.5) is 0 Å². The van der Waals surface area contributed by atoms with Crippen LogP contribution in [-0.4, -0.2) is 32.3 Å². The standard InChI is InChI=1S/C21H19N5O3/c1-25-13-23-17-18(20(27)22-12-14-7-6-10-16(11-14)29-2)24-26(19(17)21(25)28)15-8-4-3-5-9-15/h3-11,13H,12H2,1-2H3,(H,22,27). The highest BCUT2D eigenvalue weighted by Crippen LogP contribution is 2.18. The average molecular weight is 389 g/mol. The maximum Gasteiger partial charge on any atom is 0.279 e. The van der Waals surface area contributed by atoms with Crippen LogP contribution in [-0.2, 0) is 13.6 Å². The molecular weight excluding hydrogens is 370 g/mol. The SMILES string of the molecule is COc1cccc(CNC(=O)c2nn(-c3ccccc3)c3c(=O)n(C)cnc23)c1. The molecule has 0 aliphatic carbocycles. The monoisotopic (exact) mass is 389 g/mol. The number of methoxy groups -OCH3 is 1. The summed E-state index contributed by atoms with van der Waals surface area (Å²) in [5, 5.41) is 7.25. The molecule has 0 bridgehead atoms. The van der Waals surface area contributed by atoms with Crippen LogP contribution < -0.4 is 15.6 Å². The van der Waals surface area contributed by atoms with E-state index in [1.54, 1.807) is 14.2 Å². The molecule has 4 rings (SSSR count). The third kappa shape index (κ3) is 3.47. The summed E-state index contributed by atoms with van der Waals surface area (Å²) in [6.45, 7) is 0.292. The van der Waals surface area contributed by atoms with Gasteiger partial charge < -0.3 is 14.6 Å². The zero-order valence-electron chi connectivity index (χ0n) is 16.0. The minimum atomic E-state index is -0.409. The number of ether oxygens (including phenoxy) is 1. The van der Waals surface area contributed by atoms with Crippen LogP contribution in [0.3, 0.4) is 0 Å². The molecular formula is C21H19N5O3. The summed E-state index contributed by atoms with van der Waals surface area (Å²) in [6, 6.07) is 16.6. The van der Waals surface area contributed by atoms with Gasteiger partial charge in [-0.25, -0.2) is 9.67 Å². The van der Waals surface area contributed by atoms with Gasteiger partial charge in [0.2, 0.25) is 0 Å². The topological polar surface area (TPSA) is 91.0 Å². The summed E-state index contributed by atoms with van der Waals surface area (Å²) >= 11 is 0. The van der Waals surface area contributed by atoms with E-state index in [0.29, 0.717) is 18.0 Å². The Kier molecular flexibility index (Phi) is 4.82. The Morgan fingerprint density at radius 1 is 1.14 bits per heavy atom. The van der Waals surface area contributed by atoms with Crippen LogP contribution in [0.1, 0.15) is 16.1 Å². The first-order valence-corrected chi connectivity index (χ1v) is 8.99. The predicted molar refractivity (Wildman–Crippen MR) is 108 cm³/mol. The largest absolute Gasteiger partial charge is 0.497 e. The number of benzene rings is 2. The molecule has 1 amide bonds. The van der Waals surface area contributed by atoms with Crippen molar-refractivity contribution in [2.24, 2.45) is 7.05 Å². The Morgan fingerprint density at radius 2 is 1.93 bits per heavy atom. The second-order valence-electron chi connectivity index (χ2n) is 6.49. The summed E-state index contributed by atoms with van der Waals surface area (Å²) in [7, 11) is 3.20. The highest BCUT2D eigenvalue weighted by molar-refractivity contribution is 6.03. The number of hydrogen-bond acceptors (Lipinski definition) is 5. The van der Waals surface area contributed by atoms with Crippen LogP contribution in [0.15, 0.2) is 65.7 Å². The van der Waals surface area contributed by atoms with Gasteiger partial charge in [0, 0.05) is 13.6 Å². The average Bonchev–Trinajstić information content (AvgIpc) is 3.16. The van der Waals surface area contributed by atoms with Gasteiger partial charge >= 0.3 is 0 Å². The number of aryl methyl sites for hydroxylation is 1. The molecule has 4 aromatic rings. The van der Waals surface area contributed by atoms with Crippen molar-refractivity contribution in [2.75, 3.05) is 7.11 Å². The first-order valence-electron chi connectivity index (χ1n) is 8.99. The molecule has 0 unspecified atom stereocenters. The first kappa shape index (κ1) is 18.4. The normalized spacial score (nSPS) is 10.8. The number of rotatable bonds is 5. The third-order valence-corrected chi connectivity index (χ3v) is 4.55. The Hall–Kier alpha value is -3.94. The lowest BCUT2D eigenvalue weighted by Gasteiger charge is -2.06. The molecule has 0 fully saturated rings. The van der Waals surface area contributed by atoms with Gasteiger partial charge in [0.25, 0.3) is 11.5 Å². The lowest BCUT2D eigenvalue weighted by molar-refractivity contribution is 0.0947. The summed E-state index contributed by atoms with van der Waals surface area (Å²) in [5.74, 6) is 0.300. The van der Waals surface area contributed by atoms with Gasteiger partial charge in [-0.05, 0) is 29.8 Å². The molecule has 2 aromatic carbocycles. The fourth-order valence-electron chi connectivity index (χ4n) is 3.05. The summed E-state index contributed by atoms with van der Waals surface area (Å²) in [4.78, 5) is 29.9. The fourth-order valence-corrected chi connectivity index (χ4v) is 3.05. The van der Waals surface area contributed by atoms with Crippen molar-refractivity contribution in [3.63, 3.8) is 0 Å². The van der Waals surface area contributed by atoms with E-state index >= 15 is 0 Å². The summed E-state index contributed by atoms with van der Waals surface area (Å²) in [5.41, 5.74) is 1.90. The summed E-state index contributed by atoms with van der Waals surface area (Å²) in [6.07, 6.45) is 1.39. The van der Waals surface area contributed by atoms with Crippen molar-refractivity contribution in [3.05, 3.63) is 82.5 Å². The molecule has 0 aliphatic heterocycles. The number of nitrogens with zero attached hydrogens (tertiary/aromatic N) is 4. The van der Waals surface area contributed by atoms with E-state index in [-0.39, 0.29) is 22.3 Å². The van der Waals surface area contributed by atoms with Crippen molar-refractivity contribution >= 4 is 16.9 Å². The number of nitrogens with one attached hydrogen (secondary N) is 1. The van der Waals surface area contributed by atoms with Gasteiger partial charge in [-0.15, -0.1) is 0 Å². The van der Waals surface area contributed by atoms with E-state index < -0.39 is 5.91 Å². The number of hydrogen-bond donors (Lipinski definition) is 1. The number of aromatic nitrogens is 4. The lowest BCUT2D eigenvalue weighted by atomic mass is 10.2. The number of carbonyl (C=O) groups is 1. The van der Waals surface area contributed by atoms with Gasteiger partial charge in [0.15, 0.2) is 11.2 Å². The molecule has 0 radical (unpaired) electrons. The van der Waals surface area contributed by atoms with Gasteiger partial charge in [-0.2, -0.15) is 5.10 Å². The summed E-state index contributed by atoms with van der Waals surface area (Å²) < 4.78 is 8.03. The van der Waals surface area contributed by atoms with Crippen molar-refractivity contribution in [2.45, 2.75) is 6.54 Å². The molecule has 0 saturated carbocycles. The zero-order valence-corrected chi connectivity index (χ0v) is 16.0. The number of amides is 1. The van der Waals surface area contributed by atoms with Crippen molar-refractivity contribution in [1.82, 2.24) is 24.6 Å². The molecule has 1 N–H and O–H groups in total. The van der Waals surface area contributed by atoms with E-state index in [4.69, 9.17) is 4.74 Å². The maximum absolute atomic E-state index is 12.9. The van der Waals surface area contributed by atoms with Crippen LogP contribution in [0, 0.1) is 0 Å². The Labute approximate surface area is 166 Å². The molecule has 8 nitrogen and oxygen atoms in total. The Bertz CT molecular complexity index is 1240. The second-order valence-corrected chi connectivity index (χ2v) is 6.49. The van der Waals surface area contributed by atoms with Crippen molar-refractivity contribution < 1.29 is 9.53 Å². The van der Waals surface area contributed by atoms with Gasteiger partial charge in [0.1, 0.15) is 11.3 Å². The van der Waals surface area contributed by atoms with Crippen LogP contribution in [0.5, 0.6) is 5.75 Å². The van der Waals surface area contributed by atoms with Crippen LogP contribution in [0.2, 0.25) is 0 Å². The highest BCUT2D eigenvalue weighted by atomic mass is 16.5. The highest BCUT2D eigenvalue weighted by Gasteiger charge is 2.22. The van der Waals surface area contributed by atoms with E-state index in [1.807, 2.05) is 54.6 Å². The predicted octanol–water partition coefficient (Wildman–Crippen LogP) is 2.06. The van der Waals surface area contributed by atoms with Crippen LogP contribution in [0.25, 0.3) is 16.7 Å². The number of fused-ring (bicyclic) bond motifs is 1. The fraction of sp³-hybridized carbons (Fsp3) is 0.143. The minimum absolute atomic E-state index is 0.101. The molecule has 2 heterocycles. The Balaban J connectivity index is 1.73. The van der Waals surface area contributed by atoms with Gasteiger partial charge in [0.05, 0.1) is 19.1 Å². The second kappa shape index (κ2) is 7.59. The van der Waals surface area contributed by atoms with Crippen molar-refractivity contribution in [1.29, 1.82) is 0 Å². The van der Waals surface area contributed by atoms with Gasteiger partial charge in [-0.3, -0.25) is 9.59 Å². The van der Waals surface area contributed by atoms with E-state index in [0.717, 1.165) is 5.56 Å². The minimum Gasteiger partial charge on any atom is -0.497 e. The number of para-hydroxylation sites is 1. The maximum atomic E-state index is 12.9. The quantitative estimate of drug-likeness (QED) is 0.564. The van der Waals surface area contributed by atoms with E-state index in [2.05, 4.69) is 15.4 Å². The molecule has 0 spiro atoms. The smallest absolute Gasteiger partial charge is 0.279 e. The molecule has 8 heteroatoms. The molecule has 29 heavy (non-hydrogen) atoms. The molecule has 0 saturated heterocycles. The van der Waals surface area contributed by atoms with E-state index in [9.17, 15) is 9.59 Å². The third-order valence-electron chi connectivity index (χ3n) is 4.55.